The molecule has 1 atom stereocenters. The number of benzene rings is 1. The largest absolute Gasteiger partial charge is 0.478 e. The molecule has 1 N–H and O–H groups in total. The van der Waals surface area contributed by atoms with Gasteiger partial charge in [-0.3, -0.25) is 0 Å². The van der Waals surface area contributed by atoms with Crippen molar-refractivity contribution >= 4 is 11.7 Å². The van der Waals surface area contributed by atoms with Crippen LogP contribution in [0, 0.1) is 6.92 Å². The van der Waals surface area contributed by atoms with Crippen molar-refractivity contribution < 1.29 is 14.6 Å². The lowest BCUT2D eigenvalue weighted by molar-refractivity contribution is 0.0697. The molecular weight excluding hydrogens is 280 g/mol. The number of para-hydroxylation sites is 1. The standard InChI is InChI=1S/C17H18N2O3/c1-12-6-7-16(18-10-12)22-13-8-9-19(11-13)15-5-3-2-4-14(15)17(20)21/h2-7,10,13H,8-9,11H2,1H3,(H,20,21)/t13-/m1/s1. The fourth-order valence-electron chi connectivity index (χ4n) is 2.67. The lowest BCUT2D eigenvalue weighted by atomic mass is 10.1. The highest BCUT2D eigenvalue weighted by molar-refractivity contribution is 5.94. The summed E-state index contributed by atoms with van der Waals surface area (Å²) in [6.07, 6.45) is 2.66. The van der Waals surface area contributed by atoms with Gasteiger partial charge in [-0.15, -0.1) is 0 Å². The van der Waals surface area contributed by atoms with E-state index in [1.807, 2.05) is 31.2 Å². The minimum absolute atomic E-state index is 0.0251. The fraction of sp³-hybridized carbons (Fsp3) is 0.294. The van der Waals surface area contributed by atoms with E-state index in [9.17, 15) is 9.90 Å². The van der Waals surface area contributed by atoms with E-state index in [1.54, 1.807) is 18.3 Å². The van der Waals surface area contributed by atoms with Crippen molar-refractivity contribution in [2.24, 2.45) is 0 Å². The van der Waals surface area contributed by atoms with Gasteiger partial charge >= 0.3 is 5.97 Å². The molecule has 0 amide bonds. The molecule has 1 aliphatic rings. The number of carbonyl (C=O) groups is 1. The summed E-state index contributed by atoms with van der Waals surface area (Å²) in [5, 5.41) is 9.29. The van der Waals surface area contributed by atoms with Gasteiger partial charge in [0.15, 0.2) is 0 Å². The highest BCUT2D eigenvalue weighted by Gasteiger charge is 2.27. The number of anilines is 1. The van der Waals surface area contributed by atoms with Crippen molar-refractivity contribution in [3.8, 4) is 5.88 Å². The van der Waals surface area contributed by atoms with Crippen LogP contribution in [0.4, 0.5) is 5.69 Å². The zero-order valence-corrected chi connectivity index (χ0v) is 12.4. The third-order valence-electron chi connectivity index (χ3n) is 3.79. The average Bonchev–Trinajstić information content (AvgIpc) is 2.98. The Morgan fingerprint density at radius 2 is 2.14 bits per heavy atom. The Balaban J connectivity index is 1.70. The normalized spacial score (nSPS) is 17.5. The summed E-state index contributed by atoms with van der Waals surface area (Å²) in [5.74, 6) is -0.288. The molecule has 1 saturated heterocycles. The second-order valence-corrected chi connectivity index (χ2v) is 5.47. The van der Waals surface area contributed by atoms with Gasteiger partial charge in [-0.25, -0.2) is 9.78 Å². The number of carboxylic acid groups (broad SMARTS) is 1. The maximum Gasteiger partial charge on any atom is 0.337 e. The first-order valence-electron chi connectivity index (χ1n) is 7.30. The molecule has 1 aromatic heterocycles. The number of aromatic nitrogens is 1. The number of aromatic carboxylic acids is 1. The third kappa shape index (κ3) is 3.03. The lowest BCUT2D eigenvalue weighted by Gasteiger charge is -2.20. The second kappa shape index (κ2) is 6.05. The summed E-state index contributed by atoms with van der Waals surface area (Å²) >= 11 is 0. The fourth-order valence-corrected chi connectivity index (χ4v) is 2.67. The van der Waals surface area contributed by atoms with E-state index in [2.05, 4.69) is 9.88 Å². The average molecular weight is 298 g/mol. The van der Waals surface area contributed by atoms with Gasteiger partial charge in [0.25, 0.3) is 0 Å². The molecule has 114 valence electrons. The van der Waals surface area contributed by atoms with Gasteiger partial charge in [-0.05, 0) is 24.6 Å². The molecule has 1 aromatic carbocycles. The first-order chi connectivity index (χ1) is 10.6. The van der Waals surface area contributed by atoms with Crippen LogP contribution in [0.3, 0.4) is 0 Å². The van der Waals surface area contributed by atoms with Crippen molar-refractivity contribution in [3.05, 3.63) is 53.7 Å². The molecule has 0 spiro atoms. The van der Waals surface area contributed by atoms with Crippen LogP contribution in [0.1, 0.15) is 22.3 Å². The summed E-state index contributed by atoms with van der Waals surface area (Å²) in [5.41, 5.74) is 2.17. The SMILES string of the molecule is Cc1ccc(O[C@@H]2CCN(c3ccccc3C(=O)O)C2)nc1. The van der Waals surface area contributed by atoms with Crippen molar-refractivity contribution in [3.63, 3.8) is 0 Å². The van der Waals surface area contributed by atoms with E-state index in [4.69, 9.17) is 4.74 Å². The molecule has 22 heavy (non-hydrogen) atoms. The number of carboxylic acids is 1. The van der Waals surface area contributed by atoms with Crippen molar-refractivity contribution in [2.45, 2.75) is 19.4 Å². The maximum atomic E-state index is 11.3. The van der Waals surface area contributed by atoms with Gasteiger partial charge in [-0.1, -0.05) is 18.2 Å². The molecule has 5 nitrogen and oxygen atoms in total. The predicted molar refractivity (Wildman–Crippen MR) is 83.6 cm³/mol. The molecule has 1 fully saturated rings. The molecule has 3 rings (SSSR count). The van der Waals surface area contributed by atoms with Crippen molar-refractivity contribution in [1.82, 2.24) is 4.98 Å². The van der Waals surface area contributed by atoms with Crippen LogP contribution in [0.15, 0.2) is 42.6 Å². The summed E-state index contributed by atoms with van der Waals surface area (Å²) < 4.78 is 5.88. The molecule has 0 bridgehead atoms. The zero-order chi connectivity index (χ0) is 15.5. The minimum atomic E-state index is -0.903. The number of ether oxygens (including phenoxy) is 1. The molecule has 5 heteroatoms. The first-order valence-corrected chi connectivity index (χ1v) is 7.30. The Hall–Kier alpha value is -2.56. The molecule has 2 aromatic rings. The van der Waals surface area contributed by atoms with Crippen LogP contribution < -0.4 is 9.64 Å². The number of pyridine rings is 1. The highest BCUT2D eigenvalue weighted by atomic mass is 16.5. The predicted octanol–water partition coefficient (Wildman–Crippen LogP) is 2.75. The van der Waals surface area contributed by atoms with Crippen LogP contribution in [-0.4, -0.2) is 35.3 Å². The topological polar surface area (TPSA) is 62.7 Å². The molecule has 0 radical (unpaired) electrons. The summed E-state index contributed by atoms with van der Waals surface area (Å²) in [6, 6.07) is 10.9. The first kappa shape index (κ1) is 14.4. The van der Waals surface area contributed by atoms with E-state index >= 15 is 0 Å². The van der Waals surface area contributed by atoms with Crippen molar-refractivity contribution in [2.75, 3.05) is 18.0 Å². The van der Waals surface area contributed by atoms with Crippen LogP contribution in [0.25, 0.3) is 0 Å². The smallest absolute Gasteiger partial charge is 0.337 e. The Morgan fingerprint density at radius 3 is 2.86 bits per heavy atom. The Kier molecular flexibility index (Phi) is 3.96. The molecule has 0 unspecified atom stereocenters. The van der Waals surface area contributed by atoms with Crippen molar-refractivity contribution in [1.29, 1.82) is 0 Å². The van der Waals surface area contributed by atoms with E-state index in [0.717, 1.165) is 24.2 Å². The quantitative estimate of drug-likeness (QED) is 0.940. The lowest BCUT2D eigenvalue weighted by Crippen LogP contribution is -2.26. The van der Waals surface area contributed by atoms with Gasteiger partial charge in [-0.2, -0.15) is 0 Å². The Morgan fingerprint density at radius 1 is 1.32 bits per heavy atom. The number of rotatable bonds is 4. The summed E-state index contributed by atoms with van der Waals surface area (Å²) in [7, 11) is 0. The molecular formula is C17H18N2O3. The Labute approximate surface area is 129 Å². The Bertz CT molecular complexity index is 670. The minimum Gasteiger partial charge on any atom is -0.478 e. The molecule has 2 heterocycles. The third-order valence-corrected chi connectivity index (χ3v) is 3.79. The van der Waals surface area contributed by atoms with Gasteiger partial charge < -0.3 is 14.7 Å². The summed E-state index contributed by atoms with van der Waals surface area (Å²) in [4.78, 5) is 17.6. The van der Waals surface area contributed by atoms with E-state index < -0.39 is 5.97 Å². The van der Waals surface area contributed by atoms with Crippen LogP contribution in [0.2, 0.25) is 0 Å². The number of hydrogen-bond donors (Lipinski definition) is 1. The zero-order valence-electron chi connectivity index (χ0n) is 12.4. The van der Waals surface area contributed by atoms with E-state index in [-0.39, 0.29) is 6.10 Å². The highest BCUT2D eigenvalue weighted by Crippen LogP contribution is 2.26. The van der Waals surface area contributed by atoms with Gasteiger partial charge in [0.1, 0.15) is 6.10 Å². The maximum absolute atomic E-state index is 11.3. The number of aryl methyl sites for hydroxylation is 1. The van der Waals surface area contributed by atoms with Gasteiger partial charge in [0, 0.05) is 25.2 Å². The number of hydrogen-bond acceptors (Lipinski definition) is 4. The van der Waals surface area contributed by atoms with Gasteiger partial charge in [0.2, 0.25) is 5.88 Å². The van der Waals surface area contributed by atoms with Crippen LogP contribution >= 0.6 is 0 Å². The van der Waals surface area contributed by atoms with Crippen LogP contribution in [0.5, 0.6) is 5.88 Å². The molecule has 0 saturated carbocycles. The molecule has 1 aliphatic heterocycles. The van der Waals surface area contributed by atoms with E-state index in [1.165, 1.54) is 0 Å². The second-order valence-electron chi connectivity index (χ2n) is 5.47. The van der Waals surface area contributed by atoms with Crippen LogP contribution in [-0.2, 0) is 0 Å². The molecule has 0 aliphatic carbocycles. The van der Waals surface area contributed by atoms with E-state index in [0.29, 0.717) is 18.0 Å². The summed E-state index contributed by atoms with van der Waals surface area (Å²) in [6.45, 7) is 3.43. The number of nitrogens with zero attached hydrogens (tertiary/aromatic N) is 2. The monoisotopic (exact) mass is 298 g/mol. The van der Waals surface area contributed by atoms with Gasteiger partial charge in [0.05, 0.1) is 17.8 Å².